The third-order valence-corrected chi connectivity index (χ3v) is 1.90. The molecule has 1 heterocycles. The summed E-state index contributed by atoms with van der Waals surface area (Å²) in [7, 11) is 1.63. The molecule has 2 N–H and O–H groups in total. The van der Waals surface area contributed by atoms with Crippen LogP contribution in [0.25, 0.3) is 0 Å². The van der Waals surface area contributed by atoms with E-state index in [-0.39, 0.29) is 6.10 Å². The van der Waals surface area contributed by atoms with E-state index in [1.165, 1.54) is 0 Å². The second-order valence-corrected chi connectivity index (χ2v) is 2.84. The predicted molar refractivity (Wildman–Crippen MR) is 49.1 cm³/mol. The quantitative estimate of drug-likeness (QED) is 0.716. The van der Waals surface area contributed by atoms with Crippen LogP contribution in [-0.4, -0.2) is 28.4 Å². The van der Waals surface area contributed by atoms with Crippen LogP contribution in [0, 0.1) is 0 Å². The lowest BCUT2D eigenvalue weighted by atomic mass is 10.3. The first-order valence-electron chi connectivity index (χ1n) is 4.44. The van der Waals surface area contributed by atoms with Gasteiger partial charge in [-0.05, 0) is 6.42 Å². The first-order chi connectivity index (χ1) is 6.33. The molecule has 0 spiro atoms. The normalized spacial score (nSPS) is 13.2. The molecule has 5 nitrogen and oxygen atoms in total. The van der Waals surface area contributed by atoms with E-state index < -0.39 is 0 Å². The van der Waals surface area contributed by atoms with Crippen molar-refractivity contribution in [2.75, 3.05) is 13.7 Å². The Balaban J connectivity index is 2.78. The summed E-state index contributed by atoms with van der Waals surface area (Å²) >= 11 is 0. The van der Waals surface area contributed by atoms with Gasteiger partial charge < -0.3 is 15.0 Å². The minimum Gasteiger partial charge on any atom is -0.372 e. The number of hydrogen-bond acceptors (Lipinski definition) is 4. The largest absolute Gasteiger partial charge is 0.372 e. The molecule has 0 bridgehead atoms. The molecule has 1 aromatic heterocycles. The minimum absolute atomic E-state index is 0.144. The van der Waals surface area contributed by atoms with Gasteiger partial charge in [0.05, 0.1) is 0 Å². The van der Waals surface area contributed by atoms with Crippen LogP contribution >= 0.6 is 0 Å². The van der Waals surface area contributed by atoms with E-state index in [9.17, 15) is 0 Å². The smallest absolute Gasteiger partial charge is 0.163 e. The highest BCUT2D eigenvalue weighted by atomic mass is 16.5. The maximum Gasteiger partial charge on any atom is 0.163 e. The van der Waals surface area contributed by atoms with E-state index in [4.69, 9.17) is 10.5 Å². The van der Waals surface area contributed by atoms with Crippen molar-refractivity contribution in [3.8, 4) is 0 Å². The minimum atomic E-state index is -0.144. The lowest BCUT2D eigenvalue weighted by Crippen LogP contribution is -2.18. The number of hydrogen-bond donors (Lipinski definition) is 1. The summed E-state index contributed by atoms with van der Waals surface area (Å²) in [5.74, 6) is 0.812. The van der Waals surface area contributed by atoms with Crippen LogP contribution in [0.5, 0.6) is 0 Å². The molecule has 1 rings (SSSR count). The zero-order valence-corrected chi connectivity index (χ0v) is 8.10. The molecule has 0 aliphatic carbocycles. The summed E-state index contributed by atoms with van der Waals surface area (Å²) in [6.45, 7) is 3.44. The van der Waals surface area contributed by atoms with Gasteiger partial charge in [0.25, 0.3) is 0 Å². The van der Waals surface area contributed by atoms with Crippen molar-refractivity contribution >= 4 is 0 Å². The molecule has 0 amide bonds. The summed E-state index contributed by atoms with van der Waals surface area (Å²) < 4.78 is 7.16. The Morgan fingerprint density at radius 3 is 3.00 bits per heavy atom. The van der Waals surface area contributed by atoms with Gasteiger partial charge >= 0.3 is 0 Å². The fraction of sp³-hybridized carbons (Fsp3) is 0.750. The van der Waals surface area contributed by atoms with Crippen molar-refractivity contribution in [2.45, 2.75) is 26.0 Å². The molecule has 0 saturated heterocycles. The van der Waals surface area contributed by atoms with Gasteiger partial charge in [-0.1, -0.05) is 6.92 Å². The van der Waals surface area contributed by atoms with Crippen molar-refractivity contribution in [1.82, 2.24) is 14.8 Å². The van der Waals surface area contributed by atoms with Gasteiger partial charge in [-0.2, -0.15) is 0 Å². The van der Waals surface area contributed by atoms with Gasteiger partial charge in [-0.3, -0.25) is 0 Å². The third-order valence-electron chi connectivity index (χ3n) is 1.90. The van der Waals surface area contributed by atoms with Gasteiger partial charge in [0.2, 0.25) is 0 Å². The Bertz CT molecular complexity index is 244. The van der Waals surface area contributed by atoms with Crippen molar-refractivity contribution in [3.63, 3.8) is 0 Å². The van der Waals surface area contributed by atoms with Gasteiger partial charge in [0.15, 0.2) is 5.82 Å². The Morgan fingerprint density at radius 1 is 1.69 bits per heavy atom. The second kappa shape index (κ2) is 4.94. The number of aryl methyl sites for hydroxylation is 1. The van der Waals surface area contributed by atoms with E-state index >= 15 is 0 Å². The van der Waals surface area contributed by atoms with Crippen LogP contribution < -0.4 is 5.73 Å². The highest BCUT2D eigenvalue weighted by Gasteiger charge is 2.14. The van der Waals surface area contributed by atoms with Gasteiger partial charge in [-0.15, -0.1) is 10.2 Å². The maximum atomic E-state index is 5.53. The molecule has 0 aliphatic rings. The highest BCUT2D eigenvalue weighted by Crippen LogP contribution is 2.11. The number of methoxy groups -OCH3 is 1. The fourth-order valence-electron chi connectivity index (χ4n) is 1.23. The highest BCUT2D eigenvalue weighted by molar-refractivity contribution is 4.92. The summed E-state index contributed by atoms with van der Waals surface area (Å²) in [6, 6.07) is 0. The summed E-state index contributed by atoms with van der Waals surface area (Å²) in [6.07, 6.45) is 2.61. The van der Waals surface area contributed by atoms with Gasteiger partial charge in [0.1, 0.15) is 12.4 Å². The van der Waals surface area contributed by atoms with E-state index in [1.54, 1.807) is 13.4 Å². The molecular weight excluding hydrogens is 168 g/mol. The maximum absolute atomic E-state index is 5.53. The van der Waals surface area contributed by atoms with Crippen molar-refractivity contribution in [1.29, 1.82) is 0 Å². The van der Waals surface area contributed by atoms with Crippen LogP contribution in [0.3, 0.4) is 0 Å². The Hall–Kier alpha value is -0.940. The first kappa shape index (κ1) is 10.1. The molecule has 0 saturated carbocycles. The van der Waals surface area contributed by atoms with E-state index in [0.29, 0.717) is 6.54 Å². The van der Waals surface area contributed by atoms with Gasteiger partial charge in [-0.25, -0.2) is 0 Å². The lowest BCUT2D eigenvalue weighted by Gasteiger charge is -2.12. The topological polar surface area (TPSA) is 66.0 Å². The van der Waals surface area contributed by atoms with E-state index in [1.807, 2.05) is 4.57 Å². The molecule has 13 heavy (non-hydrogen) atoms. The monoisotopic (exact) mass is 184 g/mol. The molecule has 1 unspecified atom stereocenters. The van der Waals surface area contributed by atoms with Crippen molar-refractivity contribution in [2.24, 2.45) is 5.73 Å². The average molecular weight is 184 g/mol. The molecule has 74 valence electrons. The molecule has 0 fully saturated rings. The summed E-state index contributed by atoms with van der Waals surface area (Å²) in [5.41, 5.74) is 5.53. The number of nitrogens with zero attached hydrogens (tertiary/aromatic N) is 3. The Morgan fingerprint density at radius 2 is 2.46 bits per heavy atom. The number of aromatic nitrogens is 3. The average Bonchev–Trinajstić information content (AvgIpc) is 2.57. The molecule has 0 aromatic carbocycles. The zero-order chi connectivity index (χ0) is 9.68. The van der Waals surface area contributed by atoms with Crippen molar-refractivity contribution < 1.29 is 4.74 Å². The van der Waals surface area contributed by atoms with Crippen LogP contribution in [-0.2, 0) is 11.3 Å². The first-order valence-corrected chi connectivity index (χ1v) is 4.44. The lowest BCUT2D eigenvalue weighted by molar-refractivity contribution is 0.0992. The van der Waals surface area contributed by atoms with Crippen molar-refractivity contribution in [3.05, 3.63) is 12.2 Å². The SMILES string of the molecule is CCCn1cnnc1C(CN)OC. The Kier molecular flexibility index (Phi) is 3.85. The summed E-state index contributed by atoms with van der Waals surface area (Å²) in [4.78, 5) is 0. The second-order valence-electron chi connectivity index (χ2n) is 2.84. The zero-order valence-electron chi connectivity index (χ0n) is 8.10. The Labute approximate surface area is 77.9 Å². The number of nitrogens with two attached hydrogens (primary N) is 1. The van der Waals surface area contributed by atoms with Gasteiger partial charge in [0, 0.05) is 20.2 Å². The van der Waals surface area contributed by atoms with E-state index in [2.05, 4.69) is 17.1 Å². The molecule has 1 atom stereocenters. The molecular formula is C8H16N4O. The third kappa shape index (κ3) is 2.26. The molecule has 0 aliphatic heterocycles. The van der Waals surface area contributed by atoms with Crippen LogP contribution in [0.2, 0.25) is 0 Å². The summed E-state index contributed by atoms with van der Waals surface area (Å²) in [5, 5.41) is 7.82. The van der Waals surface area contributed by atoms with Crippen LogP contribution in [0.15, 0.2) is 6.33 Å². The number of ether oxygens (including phenoxy) is 1. The molecule has 5 heteroatoms. The standard InChI is InChI=1S/C8H16N4O/c1-3-4-12-6-10-11-8(12)7(5-9)13-2/h6-7H,3-5,9H2,1-2H3. The molecule has 0 radical (unpaired) electrons. The predicted octanol–water partition coefficient (Wildman–Crippen LogP) is 0.334. The molecule has 1 aromatic rings. The number of rotatable bonds is 5. The van der Waals surface area contributed by atoms with Crippen LogP contribution in [0.1, 0.15) is 25.3 Å². The van der Waals surface area contributed by atoms with E-state index in [0.717, 1.165) is 18.8 Å². The fourth-order valence-corrected chi connectivity index (χ4v) is 1.23. The van der Waals surface area contributed by atoms with Crippen LogP contribution in [0.4, 0.5) is 0 Å².